The maximum Gasteiger partial charge on any atom is 0.301 e. The average molecular weight is 840 g/mol. The minimum atomic E-state index is -2.97. The molecule has 1 N–H and O–H groups in total. The van der Waals surface area contributed by atoms with Crippen molar-refractivity contribution >= 4 is 75.3 Å². The summed E-state index contributed by atoms with van der Waals surface area (Å²) in [6, 6.07) is 5.27. The van der Waals surface area contributed by atoms with Crippen LogP contribution in [0.5, 0.6) is 11.5 Å². The first-order valence-corrected chi connectivity index (χ1v) is 17.3. The molecule has 3 fully saturated rings. The van der Waals surface area contributed by atoms with Crippen LogP contribution in [0.25, 0.3) is 0 Å². The topological polar surface area (TPSA) is 194 Å². The van der Waals surface area contributed by atoms with E-state index in [0.29, 0.717) is 4.90 Å². The Morgan fingerprint density at radius 1 is 0.860 bits per heavy atom. The summed E-state index contributed by atoms with van der Waals surface area (Å²) in [5, 5.41) is 35.5. The van der Waals surface area contributed by atoms with Crippen molar-refractivity contribution in [3.05, 3.63) is 96.9 Å². The molecule has 3 aromatic rings. The van der Waals surface area contributed by atoms with Gasteiger partial charge in [-0.2, -0.15) is 0 Å². The first-order valence-electron chi connectivity index (χ1n) is 16.5. The second-order valence-electron chi connectivity index (χ2n) is 13.8. The molecule has 2 saturated heterocycles. The SMILES string of the molecule is COc1cccc(O)c1[C@H]1C2=CC[C@@H]3C(=O)N(c4cc([N+](=O)[O-])c(N(C)C)c([N+](=O)[O-])c4)C(=O)[C@@H]3[C@@H]2C[C@@]2(Cl)C(=O)N(c3c(F)c(F)c(F)c(F)c3F)C(=O)[C@@]12Cl. The number of imide groups is 2. The minimum absolute atomic E-state index is 0.0364. The van der Waals surface area contributed by atoms with E-state index in [4.69, 9.17) is 27.9 Å². The van der Waals surface area contributed by atoms with Gasteiger partial charge >= 0.3 is 11.4 Å². The highest BCUT2D eigenvalue weighted by Gasteiger charge is 2.77. The van der Waals surface area contributed by atoms with Crippen molar-refractivity contribution in [2.24, 2.45) is 17.8 Å². The summed E-state index contributed by atoms with van der Waals surface area (Å²) in [6.45, 7) is 0. The van der Waals surface area contributed by atoms with Gasteiger partial charge in [0.15, 0.2) is 38.7 Å². The van der Waals surface area contributed by atoms with E-state index >= 15 is 8.78 Å². The molecule has 57 heavy (non-hydrogen) atoms. The number of anilines is 3. The maximum atomic E-state index is 15.3. The van der Waals surface area contributed by atoms with E-state index in [9.17, 15) is 57.7 Å². The molecule has 2 aliphatic carbocycles. The van der Waals surface area contributed by atoms with Crippen molar-refractivity contribution in [2.75, 3.05) is 35.9 Å². The summed E-state index contributed by atoms with van der Waals surface area (Å²) in [7, 11) is 3.73. The molecule has 6 atom stereocenters. The van der Waals surface area contributed by atoms with Crippen molar-refractivity contribution in [3.63, 3.8) is 0 Å². The van der Waals surface area contributed by atoms with Crippen LogP contribution in [0.1, 0.15) is 24.3 Å². The number of carbonyl (C=O) groups excluding carboxylic acids is 4. The van der Waals surface area contributed by atoms with Crippen LogP contribution in [0.3, 0.4) is 0 Å². The highest BCUT2D eigenvalue weighted by molar-refractivity contribution is 6.58. The van der Waals surface area contributed by atoms with Crippen LogP contribution in [0, 0.1) is 67.1 Å². The molecule has 22 heteroatoms. The maximum absolute atomic E-state index is 15.3. The van der Waals surface area contributed by atoms with Crippen LogP contribution in [0.4, 0.5) is 50.4 Å². The number of fused-ring (bicyclic) bond motifs is 4. The van der Waals surface area contributed by atoms with Crippen LogP contribution in [-0.2, 0) is 19.2 Å². The monoisotopic (exact) mass is 839 g/mol. The van der Waals surface area contributed by atoms with Crippen LogP contribution >= 0.6 is 23.2 Å². The van der Waals surface area contributed by atoms with Gasteiger partial charge in [0.25, 0.3) is 11.8 Å². The zero-order valence-electron chi connectivity index (χ0n) is 29.2. The zero-order chi connectivity index (χ0) is 42.0. The molecule has 298 valence electrons. The number of phenolic OH excluding ortho intramolecular Hbond substituents is 1. The van der Waals surface area contributed by atoms with Gasteiger partial charge in [-0.05, 0) is 30.9 Å². The number of amides is 4. The molecular weight excluding hydrogens is 816 g/mol. The van der Waals surface area contributed by atoms with Crippen LogP contribution in [0.15, 0.2) is 42.0 Å². The van der Waals surface area contributed by atoms with Gasteiger partial charge in [0.05, 0.1) is 34.5 Å². The van der Waals surface area contributed by atoms with E-state index in [2.05, 4.69) is 0 Å². The minimum Gasteiger partial charge on any atom is -0.508 e. The Kier molecular flexibility index (Phi) is 9.03. The Morgan fingerprint density at radius 3 is 1.95 bits per heavy atom. The second kappa shape index (κ2) is 13.1. The third kappa shape index (κ3) is 5.08. The number of carbonyl (C=O) groups is 4. The number of nitrogens with zero attached hydrogens (tertiary/aromatic N) is 5. The lowest BCUT2D eigenvalue weighted by Gasteiger charge is -2.50. The molecule has 4 aliphatic rings. The number of hydrogen-bond donors (Lipinski definition) is 1. The van der Waals surface area contributed by atoms with E-state index < -0.39 is 137 Å². The fourth-order valence-electron chi connectivity index (χ4n) is 8.59. The fourth-order valence-corrected chi connectivity index (χ4v) is 9.51. The highest BCUT2D eigenvalue weighted by Crippen LogP contribution is 2.67. The smallest absolute Gasteiger partial charge is 0.301 e. The first kappa shape index (κ1) is 39.3. The Bertz CT molecular complexity index is 2390. The number of allylic oxidation sites excluding steroid dienone is 2. The molecule has 0 bridgehead atoms. The molecule has 4 amide bonds. The highest BCUT2D eigenvalue weighted by atomic mass is 35.5. The fraction of sp³-hybridized carbons (Fsp3) is 0.314. The Balaban J connectivity index is 1.44. The molecule has 3 aromatic carbocycles. The number of ether oxygens (including phenoxy) is 1. The van der Waals surface area contributed by atoms with Gasteiger partial charge in [0.2, 0.25) is 17.6 Å². The summed E-state index contributed by atoms with van der Waals surface area (Å²) in [5.41, 5.74) is -5.07. The van der Waals surface area contributed by atoms with Gasteiger partial charge in [-0.1, -0.05) is 17.7 Å². The molecule has 15 nitrogen and oxygen atoms in total. The normalized spacial score (nSPS) is 26.6. The number of nitro benzene ring substituents is 2. The largest absolute Gasteiger partial charge is 0.508 e. The van der Waals surface area contributed by atoms with Gasteiger partial charge in [-0.3, -0.25) is 39.4 Å². The van der Waals surface area contributed by atoms with E-state index in [1.54, 1.807) is 0 Å². The lowest BCUT2D eigenvalue weighted by atomic mass is 9.56. The quantitative estimate of drug-likeness (QED) is 0.0445. The average Bonchev–Trinajstić information content (AvgIpc) is 3.50. The number of alkyl halides is 2. The van der Waals surface area contributed by atoms with E-state index in [-0.39, 0.29) is 28.2 Å². The van der Waals surface area contributed by atoms with Crippen molar-refractivity contribution in [1.29, 1.82) is 0 Å². The molecule has 0 spiro atoms. The number of benzene rings is 3. The van der Waals surface area contributed by atoms with Gasteiger partial charge in [-0.25, -0.2) is 31.8 Å². The van der Waals surface area contributed by atoms with E-state index in [1.165, 1.54) is 32.3 Å². The van der Waals surface area contributed by atoms with Crippen molar-refractivity contribution in [1.82, 2.24) is 0 Å². The number of phenols is 1. The van der Waals surface area contributed by atoms with Crippen LogP contribution in [-0.4, -0.2) is 69.5 Å². The number of rotatable bonds is 7. The number of methoxy groups -OCH3 is 1. The third-order valence-electron chi connectivity index (χ3n) is 10.9. The molecule has 0 radical (unpaired) electrons. The van der Waals surface area contributed by atoms with Crippen molar-refractivity contribution in [3.8, 4) is 11.5 Å². The summed E-state index contributed by atoms with van der Waals surface area (Å²) >= 11 is 14.2. The number of halogens is 7. The molecule has 2 aliphatic heterocycles. The second-order valence-corrected chi connectivity index (χ2v) is 15.1. The Morgan fingerprint density at radius 2 is 1.42 bits per heavy atom. The van der Waals surface area contributed by atoms with Crippen LogP contribution < -0.4 is 19.4 Å². The predicted molar refractivity (Wildman–Crippen MR) is 188 cm³/mol. The predicted octanol–water partition coefficient (Wildman–Crippen LogP) is 5.75. The number of nitro groups is 2. The van der Waals surface area contributed by atoms with Gasteiger partial charge in [0.1, 0.15) is 17.2 Å². The van der Waals surface area contributed by atoms with Crippen molar-refractivity contribution in [2.45, 2.75) is 28.5 Å². The molecule has 1 saturated carbocycles. The summed E-state index contributed by atoms with van der Waals surface area (Å²) in [4.78, 5) is 75.1. The Hall–Kier alpha value is -5.89. The molecule has 7 rings (SSSR count). The Labute approximate surface area is 326 Å². The summed E-state index contributed by atoms with van der Waals surface area (Å²) in [6.07, 6.45) is 0.104. The molecule has 0 aromatic heterocycles. The third-order valence-corrected chi connectivity index (χ3v) is 12.3. The van der Waals surface area contributed by atoms with Gasteiger partial charge in [0, 0.05) is 37.7 Å². The number of aromatic hydroxyl groups is 1. The lowest BCUT2D eigenvalue weighted by Crippen LogP contribution is -2.60. The van der Waals surface area contributed by atoms with E-state index in [0.717, 1.165) is 30.2 Å². The standard InChI is InChI=1S/C35H24Cl2F5N5O10/c1-43(2)28-16(46(53)54)9-12(10-17(28)47(55)56)44-30(49)14-8-7-13-15(20(14)31(44)50)11-34(36)32(51)45(29-26(41)24(39)23(38)25(40)27(29)42)33(52)35(34,37)22(13)21-18(48)5-4-6-19(21)57-3/h4-7,9-10,14-15,20,22,48H,8,11H2,1-3H3/t14-,15+,20-,22+,34+,35-/m0/s1. The van der Waals surface area contributed by atoms with Crippen LogP contribution in [0.2, 0.25) is 0 Å². The summed E-state index contributed by atoms with van der Waals surface area (Å²) < 4.78 is 79.2. The molecular formula is C35H24Cl2F5N5O10. The van der Waals surface area contributed by atoms with Gasteiger partial charge < -0.3 is 14.7 Å². The van der Waals surface area contributed by atoms with Crippen molar-refractivity contribution < 1.29 is 60.8 Å². The lowest BCUT2D eigenvalue weighted by molar-refractivity contribution is -0.392. The van der Waals surface area contributed by atoms with Gasteiger partial charge in [-0.15, -0.1) is 23.2 Å². The number of hydrogen-bond acceptors (Lipinski definition) is 11. The first-order chi connectivity index (χ1) is 26.7. The molecule has 2 heterocycles. The summed E-state index contributed by atoms with van der Waals surface area (Å²) in [5.74, 6) is -25.5. The molecule has 0 unspecified atom stereocenters. The van der Waals surface area contributed by atoms with E-state index in [1.807, 2.05) is 0 Å². The zero-order valence-corrected chi connectivity index (χ0v) is 30.7.